The second kappa shape index (κ2) is 2.98. The highest BCUT2D eigenvalue weighted by Crippen LogP contribution is 2.19. The quantitative estimate of drug-likeness (QED) is 0.602. The lowest BCUT2D eigenvalue weighted by atomic mass is 10.2. The lowest BCUT2D eigenvalue weighted by Gasteiger charge is -1.91. The predicted molar refractivity (Wildman–Crippen MR) is 58.1 cm³/mol. The highest BCUT2D eigenvalue weighted by atomic mass is 16.4. The van der Waals surface area contributed by atoms with Crippen LogP contribution < -0.4 is 0 Å². The molecule has 74 valence electrons. The molecule has 0 amide bonds. The van der Waals surface area contributed by atoms with Crippen molar-refractivity contribution in [2.75, 3.05) is 0 Å². The number of benzene rings is 1. The number of hydrogen-bond acceptors (Lipinski definition) is 2. The van der Waals surface area contributed by atoms with E-state index in [0.717, 1.165) is 11.1 Å². The molecular weight excluding hydrogens is 188 g/mol. The molecule has 0 atom stereocenters. The van der Waals surface area contributed by atoms with Crippen molar-refractivity contribution in [3.05, 3.63) is 48.3 Å². The highest BCUT2D eigenvalue weighted by molar-refractivity contribution is 5.74. The molecule has 3 rings (SSSR count). The smallest absolute Gasteiger partial charge is 0.306 e. The number of rotatable bonds is 1. The zero-order chi connectivity index (χ0) is 10.3. The Balaban J connectivity index is 2.22. The minimum atomic E-state index is 0.612. The van der Waals surface area contributed by atoms with Crippen LogP contribution in [0.5, 0.6) is 0 Å². The van der Waals surface area contributed by atoms with Crippen LogP contribution in [0, 0.1) is 6.92 Å². The third-order valence-corrected chi connectivity index (χ3v) is 2.36. The van der Waals surface area contributed by atoms with Gasteiger partial charge in [0.05, 0.1) is 0 Å². The van der Waals surface area contributed by atoms with Crippen LogP contribution in [0.1, 0.15) is 5.56 Å². The largest absolute Gasteiger partial charge is 0.423 e. The first-order valence-electron chi connectivity index (χ1n) is 4.83. The van der Waals surface area contributed by atoms with Gasteiger partial charge in [0.2, 0.25) is 0 Å². The number of aromatic nitrogens is 2. The molecule has 0 aliphatic carbocycles. The maximum atomic E-state index is 5.65. The molecule has 3 nitrogen and oxygen atoms in total. The van der Waals surface area contributed by atoms with E-state index in [9.17, 15) is 0 Å². The van der Waals surface area contributed by atoms with Crippen molar-refractivity contribution in [1.82, 2.24) is 9.55 Å². The van der Waals surface area contributed by atoms with Crippen LogP contribution in [0.2, 0.25) is 0 Å². The summed E-state index contributed by atoms with van der Waals surface area (Å²) in [5.41, 5.74) is 2.90. The topological polar surface area (TPSA) is 31.0 Å². The fraction of sp³-hybridized carbons (Fsp3) is 0.0833. The molecule has 15 heavy (non-hydrogen) atoms. The Morgan fingerprint density at radius 3 is 2.80 bits per heavy atom. The van der Waals surface area contributed by atoms with Gasteiger partial charge >= 0.3 is 6.01 Å². The van der Waals surface area contributed by atoms with Crippen molar-refractivity contribution >= 4 is 11.1 Å². The minimum Gasteiger partial charge on any atom is -0.423 e. The van der Waals surface area contributed by atoms with Crippen LogP contribution in [0.4, 0.5) is 0 Å². The number of nitrogens with zero attached hydrogens (tertiary/aromatic N) is 2. The van der Waals surface area contributed by atoms with Gasteiger partial charge in [-0.1, -0.05) is 6.07 Å². The Morgan fingerprint density at radius 2 is 2.00 bits per heavy atom. The Kier molecular flexibility index (Phi) is 1.65. The van der Waals surface area contributed by atoms with Crippen LogP contribution >= 0.6 is 0 Å². The van der Waals surface area contributed by atoms with Crippen LogP contribution in [0.15, 0.2) is 47.1 Å². The molecule has 0 saturated carbocycles. The van der Waals surface area contributed by atoms with Gasteiger partial charge in [0, 0.05) is 12.4 Å². The number of fused-ring (bicyclic) bond motifs is 1. The van der Waals surface area contributed by atoms with Gasteiger partial charge in [-0.15, -0.1) is 0 Å². The third-order valence-electron chi connectivity index (χ3n) is 2.36. The number of aryl methyl sites for hydroxylation is 1. The Hall–Kier alpha value is -2.03. The fourth-order valence-corrected chi connectivity index (χ4v) is 1.59. The molecule has 0 spiro atoms. The molecule has 2 heterocycles. The summed E-state index contributed by atoms with van der Waals surface area (Å²) in [7, 11) is 0. The average molecular weight is 198 g/mol. The van der Waals surface area contributed by atoms with E-state index in [1.165, 1.54) is 5.56 Å². The summed E-state index contributed by atoms with van der Waals surface area (Å²) in [6, 6.07) is 10.5. The van der Waals surface area contributed by atoms with E-state index in [4.69, 9.17) is 4.42 Å². The van der Waals surface area contributed by atoms with Gasteiger partial charge in [0.1, 0.15) is 5.52 Å². The standard InChI is InChI=1S/C12H10N2O/c1-9-4-5-10-11(8-9)15-12(13-10)14-6-2-3-7-14/h2-8H,1H3. The van der Waals surface area contributed by atoms with Crippen LogP contribution in [0.3, 0.4) is 0 Å². The monoisotopic (exact) mass is 198 g/mol. The minimum absolute atomic E-state index is 0.612. The SMILES string of the molecule is Cc1ccc2nc(-n3cccc3)oc2c1. The van der Waals surface area contributed by atoms with Crippen LogP contribution in [-0.2, 0) is 0 Å². The number of oxazole rings is 1. The van der Waals surface area contributed by atoms with E-state index < -0.39 is 0 Å². The van der Waals surface area contributed by atoms with Crippen molar-refractivity contribution in [2.24, 2.45) is 0 Å². The molecule has 3 heteroatoms. The fourth-order valence-electron chi connectivity index (χ4n) is 1.59. The van der Waals surface area contributed by atoms with Gasteiger partial charge in [0.25, 0.3) is 0 Å². The molecule has 0 bridgehead atoms. The summed E-state index contributed by atoms with van der Waals surface area (Å²) >= 11 is 0. The van der Waals surface area contributed by atoms with Gasteiger partial charge in [0.15, 0.2) is 5.58 Å². The van der Waals surface area contributed by atoms with Gasteiger partial charge < -0.3 is 4.42 Å². The summed E-state index contributed by atoms with van der Waals surface area (Å²) in [5, 5.41) is 0. The van der Waals surface area contributed by atoms with Crippen molar-refractivity contribution < 1.29 is 4.42 Å². The Morgan fingerprint density at radius 1 is 1.20 bits per heavy atom. The maximum Gasteiger partial charge on any atom is 0.306 e. The summed E-state index contributed by atoms with van der Waals surface area (Å²) in [5.74, 6) is 0. The van der Waals surface area contributed by atoms with E-state index in [2.05, 4.69) is 4.98 Å². The summed E-state index contributed by atoms with van der Waals surface area (Å²) < 4.78 is 7.50. The van der Waals surface area contributed by atoms with Crippen LogP contribution in [0.25, 0.3) is 17.1 Å². The second-order valence-electron chi connectivity index (χ2n) is 3.56. The lowest BCUT2D eigenvalue weighted by Crippen LogP contribution is -1.87. The maximum absolute atomic E-state index is 5.65. The van der Waals surface area contributed by atoms with E-state index >= 15 is 0 Å². The second-order valence-corrected chi connectivity index (χ2v) is 3.56. The summed E-state index contributed by atoms with van der Waals surface area (Å²) in [4.78, 5) is 4.39. The Bertz CT molecular complexity index is 593. The van der Waals surface area contributed by atoms with E-state index in [0.29, 0.717) is 6.01 Å². The summed E-state index contributed by atoms with van der Waals surface area (Å²) in [6.45, 7) is 2.04. The molecule has 2 aromatic heterocycles. The highest BCUT2D eigenvalue weighted by Gasteiger charge is 2.05. The molecule has 1 aromatic carbocycles. The predicted octanol–water partition coefficient (Wildman–Crippen LogP) is 2.93. The summed E-state index contributed by atoms with van der Waals surface area (Å²) in [6.07, 6.45) is 3.83. The first-order chi connectivity index (χ1) is 7.33. The van der Waals surface area contributed by atoms with Crippen molar-refractivity contribution in [3.63, 3.8) is 0 Å². The van der Waals surface area contributed by atoms with Crippen molar-refractivity contribution in [1.29, 1.82) is 0 Å². The first-order valence-corrected chi connectivity index (χ1v) is 4.83. The zero-order valence-corrected chi connectivity index (χ0v) is 8.34. The molecule has 0 radical (unpaired) electrons. The molecule has 0 unspecified atom stereocenters. The van der Waals surface area contributed by atoms with E-state index in [1.807, 2.05) is 54.2 Å². The molecule has 3 aromatic rings. The first kappa shape index (κ1) is 8.29. The van der Waals surface area contributed by atoms with Crippen molar-refractivity contribution in [3.8, 4) is 6.01 Å². The van der Waals surface area contributed by atoms with Gasteiger partial charge in [-0.05, 0) is 36.8 Å². The molecular formula is C12H10N2O. The molecule has 0 fully saturated rings. The Labute approximate surface area is 87.0 Å². The number of hydrogen-bond donors (Lipinski definition) is 0. The van der Waals surface area contributed by atoms with Gasteiger partial charge in [-0.2, -0.15) is 4.98 Å². The molecule has 0 saturated heterocycles. The van der Waals surface area contributed by atoms with Gasteiger partial charge in [-0.3, -0.25) is 4.57 Å². The van der Waals surface area contributed by atoms with E-state index in [-0.39, 0.29) is 0 Å². The molecule has 0 aliphatic heterocycles. The molecule has 0 aliphatic rings. The molecule has 0 N–H and O–H groups in total. The normalized spacial score (nSPS) is 11.0. The van der Waals surface area contributed by atoms with Gasteiger partial charge in [-0.25, -0.2) is 0 Å². The third kappa shape index (κ3) is 1.32. The zero-order valence-electron chi connectivity index (χ0n) is 8.34. The lowest BCUT2D eigenvalue weighted by molar-refractivity contribution is 0.565. The van der Waals surface area contributed by atoms with Crippen LogP contribution in [-0.4, -0.2) is 9.55 Å². The van der Waals surface area contributed by atoms with E-state index in [1.54, 1.807) is 0 Å². The average Bonchev–Trinajstić information content (AvgIpc) is 2.84. The van der Waals surface area contributed by atoms with Crippen molar-refractivity contribution in [2.45, 2.75) is 6.92 Å².